The Labute approximate surface area is 96.9 Å². The van der Waals surface area contributed by atoms with Gasteiger partial charge in [0.2, 0.25) is 0 Å². The molecule has 1 saturated carbocycles. The highest BCUT2D eigenvalue weighted by Crippen LogP contribution is 2.30. The second kappa shape index (κ2) is 4.35. The minimum absolute atomic E-state index is 0.102. The van der Waals surface area contributed by atoms with Crippen LogP contribution in [0.2, 0.25) is 0 Å². The lowest BCUT2D eigenvalue weighted by molar-refractivity contribution is -0.137. The lowest BCUT2D eigenvalue weighted by Gasteiger charge is -2.06. The van der Waals surface area contributed by atoms with Gasteiger partial charge in [0.05, 0.1) is 5.56 Å². The summed E-state index contributed by atoms with van der Waals surface area (Å²) in [5, 5.41) is 0. The van der Waals surface area contributed by atoms with E-state index in [9.17, 15) is 18.0 Å². The predicted octanol–water partition coefficient (Wildman–Crippen LogP) is 3.84. The molecule has 0 radical (unpaired) electrons. The first-order valence-corrected chi connectivity index (χ1v) is 5.38. The van der Waals surface area contributed by atoms with Crippen LogP contribution in [0.4, 0.5) is 13.2 Å². The van der Waals surface area contributed by atoms with E-state index in [0.29, 0.717) is 17.6 Å². The first-order chi connectivity index (χ1) is 7.97. The van der Waals surface area contributed by atoms with Crippen LogP contribution >= 0.6 is 0 Å². The van der Waals surface area contributed by atoms with Gasteiger partial charge in [0, 0.05) is 6.42 Å². The van der Waals surface area contributed by atoms with Crippen molar-refractivity contribution in [2.24, 2.45) is 0 Å². The third-order valence-electron chi connectivity index (χ3n) is 2.79. The van der Waals surface area contributed by atoms with Crippen LogP contribution < -0.4 is 0 Å². The van der Waals surface area contributed by atoms with E-state index in [4.69, 9.17) is 0 Å². The molecule has 1 nitrogen and oxygen atoms in total. The van der Waals surface area contributed by atoms with E-state index in [1.165, 1.54) is 12.1 Å². The van der Waals surface area contributed by atoms with E-state index in [1.54, 1.807) is 6.08 Å². The molecule has 1 aromatic carbocycles. The summed E-state index contributed by atoms with van der Waals surface area (Å²) in [5.74, 6) is 0.102. The van der Waals surface area contributed by atoms with Crippen molar-refractivity contribution in [3.8, 4) is 0 Å². The summed E-state index contributed by atoms with van der Waals surface area (Å²) < 4.78 is 37.0. The van der Waals surface area contributed by atoms with Gasteiger partial charge in [-0.05, 0) is 42.2 Å². The van der Waals surface area contributed by atoms with Gasteiger partial charge < -0.3 is 0 Å². The van der Waals surface area contributed by atoms with Gasteiger partial charge in [0.1, 0.15) is 0 Å². The number of alkyl halides is 3. The van der Waals surface area contributed by atoms with E-state index in [0.717, 1.165) is 25.0 Å². The van der Waals surface area contributed by atoms with Crippen LogP contribution in [0.25, 0.3) is 6.08 Å². The highest BCUT2D eigenvalue weighted by atomic mass is 19.4. The number of benzene rings is 1. The van der Waals surface area contributed by atoms with Crippen molar-refractivity contribution in [3.63, 3.8) is 0 Å². The summed E-state index contributed by atoms with van der Waals surface area (Å²) >= 11 is 0. The molecule has 1 aromatic rings. The minimum atomic E-state index is -4.31. The normalized spacial score (nSPS) is 19.0. The predicted molar refractivity (Wildman–Crippen MR) is 58.3 cm³/mol. The van der Waals surface area contributed by atoms with E-state index in [1.807, 2.05) is 0 Å². The van der Waals surface area contributed by atoms with Gasteiger partial charge >= 0.3 is 6.18 Å². The number of ketones is 1. The minimum Gasteiger partial charge on any atom is -0.295 e. The van der Waals surface area contributed by atoms with Crippen LogP contribution in [0.3, 0.4) is 0 Å². The Balaban J connectivity index is 2.22. The van der Waals surface area contributed by atoms with Crippen molar-refractivity contribution >= 4 is 11.9 Å². The van der Waals surface area contributed by atoms with Gasteiger partial charge in [-0.2, -0.15) is 13.2 Å². The quantitative estimate of drug-likeness (QED) is 0.681. The molecule has 2 rings (SSSR count). The van der Waals surface area contributed by atoms with Crippen LogP contribution in [0.5, 0.6) is 0 Å². The Morgan fingerprint density at radius 1 is 1.06 bits per heavy atom. The number of carbonyl (C=O) groups excluding carboxylic acids is 1. The van der Waals surface area contributed by atoms with Crippen LogP contribution in [-0.4, -0.2) is 5.78 Å². The van der Waals surface area contributed by atoms with E-state index in [-0.39, 0.29) is 5.78 Å². The van der Waals surface area contributed by atoms with Gasteiger partial charge in [-0.15, -0.1) is 0 Å². The van der Waals surface area contributed by atoms with Gasteiger partial charge in [0.15, 0.2) is 5.78 Å². The number of hydrogen-bond acceptors (Lipinski definition) is 1. The highest BCUT2D eigenvalue weighted by molar-refractivity contribution is 6.01. The summed E-state index contributed by atoms with van der Waals surface area (Å²) in [6.45, 7) is 0. The van der Waals surface area contributed by atoms with Crippen molar-refractivity contribution in [3.05, 3.63) is 41.0 Å². The first kappa shape index (κ1) is 11.9. The lowest BCUT2D eigenvalue weighted by atomic mass is 10.1. The van der Waals surface area contributed by atoms with E-state index < -0.39 is 11.7 Å². The fraction of sp³-hybridized carbons (Fsp3) is 0.308. The molecular formula is C13H11F3O. The van der Waals surface area contributed by atoms with Gasteiger partial charge in [0.25, 0.3) is 0 Å². The second-order valence-electron chi connectivity index (χ2n) is 4.07. The van der Waals surface area contributed by atoms with Crippen molar-refractivity contribution < 1.29 is 18.0 Å². The SMILES string of the molecule is O=C1CCC/C1=C\c1ccc(C(F)(F)F)cc1. The van der Waals surface area contributed by atoms with Crippen LogP contribution in [0, 0.1) is 0 Å². The molecule has 0 aliphatic heterocycles. The molecule has 90 valence electrons. The van der Waals surface area contributed by atoms with Crippen molar-refractivity contribution in [2.75, 3.05) is 0 Å². The first-order valence-electron chi connectivity index (χ1n) is 5.38. The van der Waals surface area contributed by atoms with Gasteiger partial charge in [-0.1, -0.05) is 12.1 Å². The van der Waals surface area contributed by atoms with Crippen LogP contribution in [0.1, 0.15) is 30.4 Å². The molecule has 0 N–H and O–H groups in total. The summed E-state index contributed by atoms with van der Waals surface area (Å²) in [7, 11) is 0. The second-order valence-corrected chi connectivity index (χ2v) is 4.07. The molecule has 1 aliphatic carbocycles. The van der Waals surface area contributed by atoms with Crippen LogP contribution in [0.15, 0.2) is 29.8 Å². The zero-order chi connectivity index (χ0) is 12.5. The van der Waals surface area contributed by atoms with E-state index in [2.05, 4.69) is 0 Å². The number of hydrogen-bond donors (Lipinski definition) is 0. The largest absolute Gasteiger partial charge is 0.416 e. The monoisotopic (exact) mass is 240 g/mol. The van der Waals surface area contributed by atoms with Crippen molar-refractivity contribution in [2.45, 2.75) is 25.4 Å². The molecule has 0 saturated heterocycles. The Kier molecular flexibility index (Phi) is 3.05. The third kappa shape index (κ3) is 2.75. The molecule has 0 unspecified atom stereocenters. The molecule has 0 amide bonds. The maximum Gasteiger partial charge on any atom is 0.416 e. The molecule has 0 spiro atoms. The zero-order valence-corrected chi connectivity index (χ0v) is 9.05. The maximum atomic E-state index is 12.3. The lowest BCUT2D eigenvalue weighted by Crippen LogP contribution is -2.04. The average molecular weight is 240 g/mol. The Morgan fingerprint density at radius 3 is 2.18 bits per heavy atom. The number of carbonyl (C=O) groups is 1. The standard InChI is InChI=1S/C13H11F3O/c14-13(15,16)11-6-4-9(5-7-11)8-10-2-1-3-12(10)17/h4-8H,1-3H2/b10-8+. The molecule has 1 fully saturated rings. The topological polar surface area (TPSA) is 17.1 Å². The Morgan fingerprint density at radius 2 is 1.71 bits per heavy atom. The fourth-order valence-electron chi connectivity index (χ4n) is 1.86. The fourth-order valence-corrected chi connectivity index (χ4v) is 1.86. The summed E-state index contributed by atoms with van der Waals surface area (Å²) in [6.07, 6.45) is -0.526. The van der Waals surface area contributed by atoms with Gasteiger partial charge in [-0.25, -0.2) is 0 Å². The smallest absolute Gasteiger partial charge is 0.295 e. The molecule has 17 heavy (non-hydrogen) atoms. The van der Waals surface area contributed by atoms with Gasteiger partial charge in [-0.3, -0.25) is 4.79 Å². The maximum absolute atomic E-state index is 12.3. The summed E-state index contributed by atoms with van der Waals surface area (Å²) in [5.41, 5.74) is 0.686. The summed E-state index contributed by atoms with van der Waals surface area (Å²) in [6, 6.07) is 4.85. The molecule has 1 aliphatic rings. The Bertz CT molecular complexity index is 455. The number of allylic oxidation sites excluding steroid dienone is 1. The van der Waals surface area contributed by atoms with Crippen molar-refractivity contribution in [1.82, 2.24) is 0 Å². The molecule has 0 bridgehead atoms. The molecule has 0 aromatic heterocycles. The molecular weight excluding hydrogens is 229 g/mol. The van der Waals surface area contributed by atoms with Crippen LogP contribution in [-0.2, 0) is 11.0 Å². The third-order valence-corrected chi connectivity index (χ3v) is 2.79. The molecule has 0 atom stereocenters. The number of Topliss-reactive ketones (excluding diaryl/α,β-unsaturated/α-hetero) is 1. The summed E-state index contributed by atoms with van der Waals surface area (Å²) in [4.78, 5) is 11.4. The highest BCUT2D eigenvalue weighted by Gasteiger charge is 2.29. The zero-order valence-electron chi connectivity index (χ0n) is 9.05. The molecule has 4 heteroatoms. The average Bonchev–Trinajstić information content (AvgIpc) is 2.64. The Hall–Kier alpha value is -1.58. The van der Waals surface area contributed by atoms with E-state index >= 15 is 0 Å². The molecule has 0 heterocycles. The number of halogens is 3. The number of rotatable bonds is 1. The van der Waals surface area contributed by atoms with Crippen molar-refractivity contribution in [1.29, 1.82) is 0 Å².